The average Bonchev–Trinajstić information content (AvgIpc) is 3.17. The third kappa shape index (κ3) is 5.73. The molecule has 1 heterocycles. The fourth-order valence-electron chi connectivity index (χ4n) is 3.35. The van der Waals surface area contributed by atoms with E-state index in [9.17, 15) is 4.79 Å². The molecule has 1 atom stereocenters. The summed E-state index contributed by atoms with van der Waals surface area (Å²) in [4.78, 5) is 12.7. The van der Waals surface area contributed by atoms with Gasteiger partial charge in [-0.05, 0) is 36.1 Å². The van der Waals surface area contributed by atoms with Crippen LogP contribution in [0.15, 0.2) is 53.7 Å². The Kier molecular flexibility index (Phi) is 7.99. The van der Waals surface area contributed by atoms with Gasteiger partial charge in [-0.15, -0.1) is 10.2 Å². The molecule has 9 heteroatoms. The Morgan fingerprint density at radius 2 is 1.81 bits per heavy atom. The number of nitrogens with one attached hydrogen (secondary N) is 1. The van der Waals surface area contributed by atoms with Gasteiger partial charge in [0.2, 0.25) is 11.1 Å². The number of nitrogens with zero attached hydrogens (tertiary/aromatic N) is 3. The lowest BCUT2D eigenvalue weighted by atomic mass is 9.97. The van der Waals surface area contributed by atoms with Crippen molar-refractivity contribution in [1.82, 2.24) is 20.2 Å². The van der Waals surface area contributed by atoms with Crippen LogP contribution in [0.1, 0.15) is 31.9 Å². The number of carbonyl (C=O) groups is 1. The first kappa shape index (κ1) is 23.5. The number of aromatic nitrogens is 3. The van der Waals surface area contributed by atoms with E-state index in [1.165, 1.54) is 16.4 Å². The number of ether oxygens (including phenoxy) is 2. The monoisotopic (exact) mass is 455 g/mol. The van der Waals surface area contributed by atoms with Crippen LogP contribution in [0, 0.1) is 5.92 Å². The van der Waals surface area contributed by atoms with E-state index in [1.54, 1.807) is 26.4 Å². The van der Waals surface area contributed by atoms with E-state index in [4.69, 9.17) is 15.3 Å². The molecule has 0 spiro atoms. The Bertz CT molecular complexity index is 1040. The zero-order chi connectivity index (χ0) is 23.1. The quantitative estimate of drug-likeness (QED) is 0.355. The maximum Gasteiger partial charge on any atom is 0.230 e. The van der Waals surface area contributed by atoms with Crippen LogP contribution in [-0.4, -0.2) is 40.8 Å². The molecule has 0 aliphatic heterocycles. The lowest BCUT2D eigenvalue weighted by Crippen LogP contribution is -2.31. The first-order valence-electron chi connectivity index (χ1n) is 10.3. The fraction of sp³-hybridized carbons (Fsp3) is 0.348. The topological polar surface area (TPSA) is 104 Å². The van der Waals surface area contributed by atoms with Gasteiger partial charge in [-0.3, -0.25) is 4.79 Å². The highest BCUT2D eigenvalue weighted by Gasteiger charge is 2.19. The average molecular weight is 456 g/mol. The van der Waals surface area contributed by atoms with E-state index in [-0.39, 0.29) is 17.7 Å². The largest absolute Gasteiger partial charge is 0.493 e. The molecule has 8 nitrogen and oxygen atoms in total. The van der Waals surface area contributed by atoms with Crippen LogP contribution in [0.2, 0.25) is 0 Å². The molecular weight excluding hydrogens is 426 g/mol. The van der Waals surface area contributed by atoms with Crippen molar-refractivity contribution in [3.05, 3.63) is 54.1 Å². The molecule has 3 N–H and O–H groups in total. The fourth-order valence-corrected chi connectivity index (χ4v) is 4.02. The molecule has 3 aromatic rings. The number of nitrogens with two attached hydrogens (primary N) is 1. The molecule has 3 rings (SSSR count). The molecule has 1 aromatic heterocycles. The third-order valence-electron chi connectivity index (χ3n) is 4.88. The van der Waals surface area contributed by atoms with Crippen LogP contribution in [0.3, 0.4) is 0 Å². The Balaban J connectivity index is 1.67. The van der Waals surface area contributed by atoms with Crippen molar-refractivity contribution < 1.29 is 14.3 Å². The van der Waals surface area contributed by atoms with Gasteiger partial charge in [-0.1, -0.05) is 55.9 Å². The van der Waals surface area contributed by atoms with Gasteiger partial charge < -0.3 is 20.6 Å². The maximum absolute atomic E-state index is 12.7. The van der Waals surface area contributed by atoms with E-state index >= 15 is 0 Å². The summed E-state index contributed by atoms with van der Waals surface area (Å²) in [5, 5.41) is 11.9. The van der Waals surface area contributed by atoms with E-state index < -0.39 is 0 Å². The minimum atomic E-state index is -0.0832. The number of thioether (sulfide) groups is 1. The minimum Gasteiger partial charge on any atom is -0.493 e. The molecule has 170 valence electrons. The van der Waals surface area contributed by atoms with Crippen molar-refractivity contribution in [2.24, 2.45) is 5.92 Å². The summed E-state index contributed by atoms with van der Waals surface area (Å²) in [6.45, 7) is 4.28. The van der Waals surface area contributed by atoms with Crippen LogP contribution in [0.25, 0.3) is 11.4 Å². The molecular formula is C23H29N5O3S. The van der Waals surface area contributed by atoms with Crippen LogP contribution in [0.4, 0.5) is 0 Å². The highest BCUT2D eigenvalue weighted by Crippen LogP contribution is 2.32. The smallest absolute Gasteiger partial charge is 0.230 e. The standard InChI is InChI=1S/C23H29N5O3S/c1-15(2)12-18(16-8-6-5-7-9-16)25-21(29)14-32-23-27-26-22(28(23)24)17-10-11-19(30-3)20(13-17)31-4/h5-11,13,15,18H,12,14,24H2,1-4H3,(H,25,29). The summed E-state index contributed by atoms with van der Waals surface area (Å²) in [7, 11) is 3.14. The number of methoxy groups -OCH3 is 2. The minimum absolute atomic E-state index is 0.0395. The van der Waals surface area contributed by atoms with Gasteiger partial charge in [0, 0.05) is 5.56 Å². The molecule has 2 aromatic carbocycles. The number of nitrogen functional groups attached to an aromatic ring is 1. The molecule has 32 heavy (non-hydrogen) atoms. The first-order chi connectivity index (χ1) is 15.4. The predicted octanol–water partition coefficient (Wildman–Crippen LogP) is 3.67. The van der Waals surface area contributed by atoms with Crippen LogP contribution >= 0.6 is 11.8 Å². The molecule has 0 saturated heterocycles. The Morgan fingerprint density at radius 3 is 2.47 bits per heavy atom. The highest BCUT2D eigenvalue weighted by molar-refractivity contribution is 7.99. The van der Waals surface area contributed by atoms with Crippen LogP contribution in [0.5, 0.6) is 11.5 Å². The van der Waals surface area contributed by atoms with Gasteiger partial charge in [0.15, 0.2) is 17.3 Å². The lowest BCUT2D eigenvalue weighted by molar-refractivity contribution is -0.119. The van der Waals surface area contributed by atoms with E-state index in [0.717, 1.165) is 17.5 Å². The summed E-state index contributed by atoms with van der Waals surface area (Å²) >= 11 is 1.24. The van der Waals surface area contributed by atoms with Crippen molar-refractivity contribution in [3.8, 4) is 22.9 Å². The number of benzene rings is 2. The summed E-state index contributed by atoms with van der Waals surface area (Å²) < 4.78 is 12.0. The van der Waals surface area contributed by atoms with Gasteiger partial charge in [-0.2, -0.15) is 0 Å². The Morgan fingerprint density at radius 1 is 1.09 bits per heavy atom. The number of hydrogen-bond acceptors (Lipinski definition) is 7. The zero-order valence-corrected chi connectivity index (χ0v) is 19.6. The summed E-state index contributed by atoms with van der Waals surface area (Å²) in [5.74, 6) is 8.41. The second-order valence-corrected chi connectivity index (χ2v) is 8.64. The molecule has 0 aliphatic rings. The maximum atomic E-state index is 12.7. The van der Waals surface area contributed by atoms with Crippen molar-refractivity contribution >= 4 is 17.7 Å². The van der Waals surface area contributed by atoms with Crippen molar-refractivity contribution in [2.75, 3.05) is 25.8 Å². The van der Waals surface area contributed by atoms with Crippen LogP contribution < -0.4 is 20.6 Å². The molecule has 0 aliphatic carbocycles. The summed E-state index contributed by atoms with van der Waals surface area (Å²) in [6.07, 6.45) is 0.858. The molecule has 0 saturated carbocycles. The third-order valence-corrected chi connectivity index (χ3v) is 5.83. The molecule has 0 bridgehead atoms. The van der Waals surface area contributed by atoms with Gasteiger partial charge >= 0.3 is 0 Å². The molecule has 1 amide bonds. The van der Waals surface area contributed by atoms with Crippen molar-refractivity contribution in [1.29, 1.82) is 0 Å². The van der Waals surface area contributed by atoms with E-state index in [2.05, 4.69) is 29.4 Å². The number of amides is 1. The van der Waals surface area contributed by atoms with Crippen molar-refractivity contribution in [2.45, 2.75) is 31.5 Å². The summed E-state index contributed by atoms with van der Waals surface area (Å²) in [6, 6.07) is 15.3. The SMILES string of the molecule is COc1ccc(-c2nnc(SCC(=O)NC(CC(C)C)c3ccccc3)n2N)cc1OC. The number of carbonyl (C=O) groups excluding carboxylic acids is 1. The normalized spacial score (nSPS) is 11.9. The van der Waals surface area contributed by atoms with Gasteiger partial charge in [0.1, 0.15) is 0 Å². The lowest BCUT2D eigenvalue weighted by Gasteiger charge is -2.21. The van der Waals surface area contributed by atoms with Crippen molar-refractivity contribution in [3.63, 3.8) is 0 Å². The molecule has 0 fully saturated rings. The Labute approximate surface area is 192 Å². The zero-order valence-electron chi connectivity index (χ0n) is 18.7. The second kappa shape index (κ2) is 10.9. The molecule has 0 radical (unpaired) electrons. The van der Waals surface area contributed by atoms with E-state index in [0.29, 0.717) is 28.4 Å². The van der Waals surface area contributed by atoms with Crippen LogP contribution in [-0.2, 0) is 4.79 Å². The second-order valence-electron chi connectivity index (χ2n) is 7.69. The predicted molar refractivity (Wildman–Crippen MR) is 126 cm³/mol. The van der Waals surface area contributed by atoms with Gasteiger partial charge in [-0.25, -0.2) is 4.68 Å². The van der Waals surface area contributed by atoms with E-state index in [1.807, 2.05) is 36.4 Å². The first-order valence-corrected chi connectivity index (χ1v) is 11.3. The highest BCUT2D eigenvalue weighted by atomic mass is 32.2. The summed E-state index contributed by atoms with van der Waals surface area (Å²) in [5.41, 5.74) is 1.83. The van der Waals surface area contributed by atoms with Gasteiger partial charge in [0.25, 0.3) is 0 Å². The van der Waals surface area contributed by atoms with Gasteiger partial charge in [0.05, 0.1) is 26.0 Å². The number of hydrogen-bond donors (Lipinski definition) is 2. The number of rotatable bonds is 10. The Hall–Kier alpha value is -3.20. The molecule has 1 unspecified atom stereocenters.